The summed E-state index contributed by atoms with van der Waals surface area (Å²) in [5.41, 5.74) is -0.638. The molecule has 4 aromatic rings. The molecule has 3 aromatic carbocycles. The van der Waals surface area contributed by atoms with Gasteiger partial charge in [-0.3, -0.25) is 18.2 Å². The molecule has 0 spiro atoms. The van der Waals surface area contributed by atoms with Gasteiger partial charge in [-0.15, -0.1) is 10.2 Å². The van der Waals surface area contributed by atoms with E-state index in [1.165, 1.54) is 18.2 Å². The number of halogens is 1. The molecule has 0 unspecified atom stereocenters. The van der Waals surface area contributed by atoms with Gasteiger partial charge in [-0.2, -0.15) is 54.5 Å². The van der Waals surface area contributed by atoms with Crippen LogP contribution in [0.2, 0.25) is 5.28 Å². The lowest BCUT2D eigenvalue weighted by atomic mass is 10.1. The van der Waals surface area contributed by atoms with Gasteiger partial charge in [0.05, 0.1) is 16.3 Å². The Morgan fingerprint density at radius 2 is 1.43 bits per heavy atom. The summed E-state index contributed by atoms with van der Waals surface area (Å²) >= 11 is 5.92. The van der Waals surface area contributed by atoms with Crippen molar-refractivity contribution in [1.82, 2.24) is 15.0 Å². The standard InChI is InChI=1S/C22H20ClN9O13S4/c23-20-28-21(25-3-4-46(33,34)35)30-22(29-20)27-12-1-2-15(16(7-12)26-10-45-24)31-32-17-9-14-11(6-19(17)49(42,43)44)5-13(47(36,37)38)8-18(14)48(39,40)41/h1-2,5-10H,3-4,24H2,(H,33,34,35)(H,36,37,38)(H,39,40,41)(H,42,43,44)(H2,25,27,28,29,30). The third-order valence-corrected chi connectivity index (χ3v) is 9.32. The van der Waals surface area contributed by atoms with Crippen LogP contribution in [0, 0.1) is 0 Å². The van der Waals surface area contributed by atoms with Crippen molar-refractivity contribution in [3.05, 3.63) is 47.7 Å². The topological polar surface area (TPSA) is 353 Å². The van der Waals surface area contributed by atoms with Gasteiger partial charge >= 0.3 is 0 Å². The van der Waals surface area contributed by atoms with E-state index in [-0.39, 0.29) is 40.8 Å². The smallest absolute Gasteiger partial charge is 0.296 e. The third kappa shape index (κ3) is 10.0. The Bertz CT molecular complexity index is 2460. The Labute approximate surface area is 281 Å². The van der Waals surface area contributed by atoms with Gasteiger partial charge < -0.3 is 15.5 Å². The molecular formula is C22H20ClN9O13S4. The van der Waals surface area contributed by atoms with Crippen molar-refractivity contribution in [2.45, 2.75) is 14.7 Å². The predicted octanol–water partition coefficient (Wildman–Crippen LogP) is 2.43. The van der Waals surface area contributed by atoms with E-state index in [1.807, 2.05) is 0 Å². The highest BCUT2D eigenvalue weighted by atomic mass is 35.5. The second-order valence-electron chi connectivity index (χ2n) is 9.25. The van der Waals surface area contributed by atoms with Gasteiger partial charge in [0.15, 0.2) is 0 Å². The SMILES string of the molecule is NOC=Nc1cc(Nc2nc(Cl)nc(NCCS(=O)(=O)O)n2)ccc1N=Nc1cc2c(S(=O)(=O)O)cc(S(=O)(=O)O)cc2cc1S(=O)(=O)O. The Morgan fingerprint density at radius 1 is 0.776 bits per heavy atom. The maximum absolute atomic E-state index is 12.2. The first-order chi connectivity index (χ1) is 22.6. The lowest BCUT2D eigenvalue weighted by molar-refractivity contribution is 0.338. The minimum Gasteiger partial charge on any atom is -0.399 e. The van der Waals surface area contributed by atoms with Crippen LogP contribution in [0.3, 0.4) is 0 Å². The quantitative estimate of drug-likeness (QED) is 0.0336. The van der Waals surface area contributed by atoms with E-state index >= 15 is 0 Å². The maximum Gasteiger partial charge on any atom is 0.296 e. The summed E-state index contributed by atoms with van der Waals surface area (Å²) in [7, 11) is -19.6. The lowest BCUT2D eigenvalue weighted by Gasteiger charge is -2.11. The lowest BCUT2D eigenvalue weighted by Crippen LogP contribution is -2.16. The van der Waals surface area contributed by atoms with Crippen LogP contribution in [0.15, 0.2) is 72.4 Å². The molecule has 0 aliphatic rings. The van der Waals surface area contributed by atoms with E-state index in [1.54, 1.807) is 0 Å². The van der Waals surface area contributed by atoms with Crippen LogP contribution in [0.1, 0.15) is 0 Å². The molecule has 0 saturated heterocycles. The highest BCUT2D eigenvalue weighted by molar-refractivity contribution is 7.87. The van der Waals surface area contributed by atoms with Crippen molar-refractivity contribution in [2.75, 3.05) is 22.9 Å². The van der Waals surface area contributed by atoms with Crippen LogP contribution in [-0.2, 0) is 45.3 Å². The molecule has 27 heteroatoms. The number of nitrogens with two attached hydrogens (primary N) is 1. The summed E-state index contributed by atoms with van der Waals surface area (Å²) in [4.78, 5) is 17.0. The minimum atomic E-state index is -5.18. The third-order valence-electron chi connectivity index (χ3n) is 5.82. The van der Waals surface area contributed by atoms with Crippen molar-refractivity contribution in [3.8, 4) is 0 Å². The molecule has 4 rings (SSSR count). The molecule has 0 amide bonds. The summed E-state index contributed by atoms with van der Waals surface area (Å²) in [6, 6.07) is 6.49. The number of nitrogens with one attached hydrogen (secondary N) is 2. The molecular weight excluding hydrogens is 762 g/mol. The first-order valence-electron chi connectivity index (χ1n) is 12.5. The summed E-state index contributed by atoms with van der Waals surface area (Å²) in [6.07, 6.45) is 0.778. The molecule has 49 heavy (non-hydrogen) atoms. The van der Waals surface area contributed by atoms with Crippen molar-refractivity contribution >= 4 is 104 Å². The molecule has 262 valence electrons. The highest BCUT2D eigenvalue weighted by Gasteiger charge is 2.24. The molecule has 0 fully saturated rings. The molecule has 0 saturated carbocycles. The van der Waals surface area contributed by atoms with E-state index in [2.05, 4.69) is 45.6 Å². The van der Waals surface area contributed by atoms with Crippen LogP contribution < -0.4 is 16.5 Å². The highest BCUT2D eigenvalue weighted by Crippen LogP contribution is 2.38. The van der Waals surface area contributed by atoms with Gasteiger partial charge in [0.25, 0.3) is 40.5 Å². The predicted molar refractivity (Wildman–Crippen MR) is 170 cm³/mol. The number of hydrogen-bond donors (Lipinski definition) is 7. The van der Waals surface area contributed by atoms with Crippen molar-refractivity contribution in [3.63, 3.8) is 0 Å². The average molecular weight is 782 g/mol. The molecule has 0 aliphatic carbocycles. The Morgan fingerprint density at radius 3 is 2.04 bits per heavy atom. The largest absolute Gasteiger partial charge is 0.399 e. The number of hydrogen-bond acceptors (Lipinski definition) is 18. The maximum atomic E-state index is 12.2. The number of aliphatic imine (C=N–C) groups is 1. The van der Waals surface area contributed by atoms with Gasteiger partial charge in [-0.1, -0.05) is 0 Å². The normalized spacial score (nSPS) is 12.9. The molecule has 1 heterocycles. The number of benzene rings is 3. The van der Waals surface area contributed by atoms with Gasteiger partial charge in [-0.25, -0.2) is 4.99 Å². The number of nitrogens with zero attached hydrogens (tertiary/aromatic N) is 6. The van der Waals surface area contributed by atoms with E-state index in [9.17, 15) is 47.3 Å². The van der Waals surface area contributed by atoms with Crippen LogP contribution in [0.25, 0.3) is 10.8 Å². The fourth-order valence-corrected chi connectivity index (χ4v) is 6.36. The first-order valence-corrected chi connectivity index (χ1v) is 18.8. The summed E-state index contributed by atoms with van der Waals surface area (Å²) in [5.74, 6) is 4.08. The van der Waals surface area contributed by atoms with Gasteiger partial charge in [0, 0.05) is 17.6 Å². The summed E-state index contributed by atoms with van der Waals surface area (Å²) in [5, 5.41) is 11.8. The number of aromatic nitrogens is 3. The molecule has 8 N–H and O–H groups in total. The fourth-order valence-electron chi connectivity index (χ4n) is 3.86. The van der Waals surface area contributed by atoms with Crippen molar-refractivity contribution < 1.29 is 56.7 Å². The van der Waals surface area contributed by atoms with E-state index in [0.29, 0.717) is 18.2 Å². The van der Waals surface area contributed by atoms with Crippen molar-refractivity contribution in [2.24, 2.45) is 21.1 Å². The Hall–Kier alpha value is -4.51. The second kappa shape index (κ2) is 14.2. The molecule has 0 bridgehead atoms. The fraction of sp³-hybridized carbons (Fsp3) is 0.0909. The van der Waals surface area contributed by atoms with Gasteiger partial charge in [0.1, 0.15) is 21.2 Å². The molecule has 0 aliphatic heterocycles. The molecule has 1 aromatic heterocycles. The minimum absolute atomic E-state index is 0.0588. The monoisotopic (exact) mass is 781 g/mol. The van der Waals surface area contributed by atoms with Crippen molar-refractivity contribution in [1.29, 1.82) is 0 Å². The zero-order valence-electron chi connectivity index (χ0n) is 23.8. The van der Waals surface area contributed by atoms with Crippen LogP contribution in [0.4, 0.5) is 34.6 Å². The average Bonchev–Trinajstić information content (AvgIpc) is 2.96. The van der Waals surface area contributed by atoms with Gasteiger partial charge in [-0.05, 0) is 59.5 Å². The number of anilines is 3. The zero-order chi connectivity index (χ0) is 36.4. The van der Waals surface area contributed by atoms with Crippen LogP contribution in [-0.4, -0.2) is 85.5 Å². The van der Waals surface area contributed by atoms with E-state index in [0.717, 1.165) is 12.5 Å². The van der Waals surface area contributed by atoms with Crippen LogP contribution >= 0.6 is 11.6 Å². The summed E-state index contributed by atoms with van der Waals surface area (Å²) in [6.45, 7) is -0.268. The number of azo groups is 1. The molecule has 22 nitrogen and oxygen atoms in total. The molecule has 0 atom stereocenters. The van der Waals surface area contributed by atoms with Crippen LogP contribution in [0.5, 0.6) is 0 Å². The van der Waals surface area contributed by atoms with E-state index in [4.69, 9.17) is 22.1 Å². The summed E-state index contributed by atoms with van der Waals surface area (Å²) < 4.78 is 132. The first kappa shape index (κ1) is 37.3. The Kier molecular flexibility index (Phi) is 10.8. The second-order valence-corrected chi connectivity index (χ2v) is 15.4. The molecule has 0 radical (unpaired) electrons. The number of rotatable bonds is 13. The number of fused-ring (bicyclic) bond motifs is 1. The zero-order valence-corrected chi connectivity index (χ0v) is 27.8. The van der Waals surface area contributed by atoms with Gasteiger partial charge in [0.2, 0.25) is 23.6 Å². The van der Waals surface area contributed by atoms with E-state index < -0.39 is 77.4 Å². The Balaban J connectivity index is 1.78.